The van der Waals surface area contributed by atoms with E-state index in [9.17, 15) is 10.2 Å². The molecule has 0 saturated heterocycles. The fourth-order valence-electron chi connectivity index (χ4n) is 3.31. The second-order valence-corrected chi connectivity index (χ2v) is 6.60. The van der Waals surface area contributed by atoms with Gasteiger partial charge in [0.25, 0.3) is 0 Å². The van der Waals surface area contributed by atoms with Crippen molar-refractivity contribution in [3.63, 3.8) is 0 Å². The largest absolute Gasteiger partial charge is 0.496 e. The first-order valence-corrected chi connectivity index (χ1v) is 9.06. The average Bonchev–Trinajstić information content (AvgIpc) is 2.53. The van der Waals surface area contributed by atoms with Gasteiger partial charge in [-0.3, -0.25) is 0 Å². The normalized spacial score (nSPS) is 13.1. The van der Waals surface area contributed by atoms with Gasteiger partial charge in [0.2, 0.25) is 0 Å². The van der Waals surface area contributed by atoms with Crippen LogP contribution < -0.4 is 4.74 Å². The Labute approximate surface area is 141 Å². The smallest absolute Gasteiger partial charge is 0.122 e. The molecule has 0 aliphatic carbocycles. The van der Waals surface area contributed by atoms with Crippen molar-refractivity contribution < 1.29 is 14.9 Å². The maximum absolute atomic E-state index is 10.8. The Bertz CT molecular complexity index is 450. The van der Waals surface area contributed by atoms with E-state index in [1.54, 1.807) is 7.11 Å². The molecule has 0 spiro atoms. The lowest BCUT2D eigenvalue weighted by molar-refractivity contribution is 0.0131. The average molecular weight is 322 g/mol. The molecule has 1 aromatic rings. The van der Waals surface area contributed by atoms with Crippen molar-refractivity contribution in [3.05, 3.63) is 29.3 Å². The quantitative estimate of drug-likeness (QED) is 0.615. The molecule has 3 nitrogen and oxygen atoms in total. The molecule has 0 heterocycles. The number of hydrogen-bond acceptors (Lipinski definition) is 3. The molecule has 1 atom stereocenters. The molecule has 23 heavy (non-hydrogen) atoms. The lowest BCUT2D eigenvalue weighted by Gasteiger charge is -2.28. The Balaban J connectivity index is 2.89. The summed E-state index contributed by atoms with van der Waals surface area (Å²) in [4.78, 5) is 0. The van der Waals surface area contributed by atoms with Crippen LogP contribution in [0.5, 0.6) is 5.75 Å². The van der Waals surface area contributed by atoms with Gasteiger partial charge in [-0.05, 0) is 55.4 Å². The summed E-state index contributed by atoms with van der Waals surface area (Å²) in [5, 5.41) is 21.0. The molecule has 1 aromatic carbocycles. The molecule has 0 fully saturated rings. The SMILES string of the molecule is CCCC(O)c1ccc(OC)c(CCC(O)(CCC)CCC)c1. The molecular weight excluding hydrogens is 288 g/mol. The van der Waals surface area contributed by atoms with Crippen LogP contribution in [0.2, 0.25) is 0 Å². The van der Waals surface area contributed by atoms with Gasteiger partial charge in [-0.2, -0.15) is 0 Å². The topological polar surface area (TPSA) is 49.7 Å². The van der Waals surface area contributed by atoms with Gasteiger partial charge < -0.3 is 14.9 Å². The van der Waals surface area contributed by atoms with Crippen LogP contribution in [0, 0.1) is 0 Å². The van der Waals surface area contributed by atoms with Gasteiger partial charge in [0.15, 0.2) is 0 Å². The molecule has 0 amide bonds. The number of methoxy groups -OCH3 is 1. The zero-order chi connectivity index (χ0) is 17.3. The van der Waals surface area contributed by atoms with Crippen LogP contribution in [-0.2, 0) is 6.42 Å². The van der Waals surface area contributed by atoms with Crippen molar-refractivity contribution in [2.24, 2.45) is 0 Å². The Morgan fingerprint density at radius 1 is 1.04 bits per heavy atom. The van der Waals surface area contributed by atoms with E-state index in [-0.39, 0.29) is 0 Å². The molecule has 0 aliphatic rings. The third-order valence-corrected chi connectivity index (χ3v) is 4.54. The number of aliphatic hydroxyl groups excluding tert-OH is 1. The van der Waals surface area contributed by atoms with Crippen molar-refractivity contribution in [1.82, 2.24) is 0 Å². The summed E-state index contributed by atoms with van der Waals surface area (Å²) in [6, 6.07) is 5.91. The van der Waals surface area contributed by atoms with E-state index in [1.807, 2.05) is 18.2 Å². The summed E-state index contributed by atoms with van der Waals surface area (Å²) < 4.78 is 5.46. The van der Waals surface area contributed by atoms with Crippen LogP contribution in [0.4, 0.5) is 0 Å². The minimum atomic E-state index is -0.591. The zero-order valence-corrected chi connectivity index (χ0v) is 15.3. The van der Waals surface area contributed by atoms with Crippen LogP contribution in [0.15, 0.2) is 18.2 Å². The maximum atomic E-state index is 10.8. The molecule has 2 N–H and O–H groups in total. The van der Waals surface area contributed by atoms with E-state index in [4.69, 9.17) is 4.74 Å². The Hall–Kier alpha value is -1.06. The van der Waals surface area contributed by atoms with Gasteiger partial charge in [-0.15, -0.1) is 0 Å². The lowest BCUT2D eigenvalue weighted by Crippen LogP contribution is -2.29. The first-order valence-electron chi connectivity index (χ1n) is 9.06. The van der Waals surface area contributed by atoms with Gasteiger partial charge in [-0.1, -0.05) is 46.1 Å². The van der Waals surface area contributed by atoms with E-state index in [0.717, 1.165) is 68.2 Å². The van der Waals surface area contributed by atoms with E-state index < -0.39 is 11.7 Å². The van der Waals surface area contributed by atoms with Crippen LogP contribution in [0.1, 0.15) is 82.9 Å². The van der Waals surface area contributed by atoms with E-state index in [0.29, 0.717) is 0 Å². The van der Waals surface area contributed by atoms with Crippen molar-refractivity contribution >= 4 is 0 Å². The highest BCUT2D eigenvalue weighted by Crippen LogP contribution is 2.30. The standard InChI is InChI=1S/C20H34O3/c1-5-8-18(21)16-9-10-19(23-4)17(15-16)11-14-20(22,12-6-2)13-7-3/h9-10,15,18,21-22H,5-8,11-14H2,1-4H3. The molecule has 0 saturated carbocycles. The fraction of sp³-hybridized carbons (Fsp3) is 0.700. The molecule has 0 aromatic heterocycles. The second-order valence-electron chi connectivity index (χ2n) is 6.60. The van der Waals surface area contributed by atoms with Gasteiger partial charge in [0, 0.05) is 0 Å². The highest BCUT2D eigenvalue weighted by molar-refractivity contribution is 5.38. The van der Waals surface area contributed by atoms with Gasteiger partial charge in [0.1, 0.15) is 5.75 Å². The van der Waals surface area contributed by atoms with Crippen LogP contribution in [0.25, 0.3) is 0 Å². The predicted octanol–water partition coefficient (Wildman–Crippen LogP) is 4.79. The van der Waals surface area contributed by atoms with Crippen molar-refractivity contribution in [2.75, 3.05) is 7.11 Å². The summed E-state index contributed by atoms with van der Waals surface area (Å²) in [5.41, 5.74) is 1.43. The number of aliphatic hydroxyl groups is 2. The van der Waals surface area contributed by atoms with Crippen molar-refractivity contribution in [3.8, 4) is 5.75 Å². The van der Waals surface area contributed by atoms with Crippen LogP contribution >= 0.6 is 0 Å². The summed E-state index contributed by atoms with van der Waals surface area (Å²) >= 11 is 0. The minimum Gasteiger partial charge on any atom is -0.496 e. The van der Waals surface area contributed by atoms with Crippen molar-refractivity contribution in [1.29, 1.82) is 0 Å². The predicted molar refractivity (Wildman–Crippen MR) is 95.9 cm³/mol. The van der Waals surface area contributed by atoms with E-state index >= 15 is 0 Å². The third kappa shape index (κ3) is 6.15. The molecule has 0 radical (unpaired) electrons. The highest BCUT2D eigenvalue weighted by atomic mass is 16.5. The number of benzene rings is 1. The number of aryl methyl sites for hydroxylation is 1. The monoisotopic (exact) mass is 322 g/mol. The minimum absolute atomic E-state index is 0.421. The zero-order valence-electron chi connectivity index (χ0n) is 15.3. The molecule has 132 valence electrons. The fourth-order valence-corrected chi connectivity index (χ4v) is 3.31. The molecule has 1 unspecified atom stereocenters. The van der Waals surface area contributed by atoms with Gasteiger partial charge in [-0.25, -0.2) is 0 Å². The highest BCUT2D eigenvalue weighted by Gasteiger charge is 2.25. The maximum Gasteiger partial charge on any atom is 0.122 e. The first kappa shape index (κ1) is 20.0. The van der Waals surface area contributed by atoms with Crippen LogP contribution in [-0.4, -0.2) is 22.9 Å². The molecule has 3 heteroatoms. The number of rotatable bonds is 11. The summed E-state index contributed by atoms with van der Waals surface area (Å²) in [6.45, 7) is 6.30. The number of ether oxygens (including phenoxy) is 1. The third-order valence-electron chi connectivity index (χ3n) is 4.54. The summed E-state index contributed by atoms with van der Waals surface area (Å²) in [5.74, 6) is 0.841. The van der Waals surface area contributed by atoms with E-state index in [2.05, 4.69) is 20.8 Å². The van der Waals surface area contributed by atoms with Gasteiger partial charge in [0.05, 0.1) is 18.8 Å². The lowest BCUT2D eigenvalue weighted by atomic mass is 9.86. The first-order chi connectivity index (χ1) is 11.0. The Kier molecular flexibility index (Phi) is 8.64. The van der Waals surface area contributed by atoms with E-state index in [1.165, 1.54) is 0 Å². The number of hydrogen-bond donors (Lipinski definition) is 2. The van der Waals surface area contributed by atoms with Crippen molar-refractivity contribution in [2.45, 2.75) is 83.8 Å². The summed E-state index contributed by atoms with van der Waals surface area (Å²) in [7, 11) is 1.67. The van der Waals surface area contributed by atoms with Crippen LogP contribution in [0.3, 0.4) is 0 Å². The molecular formula is C20H34O3. The Morgan fingerprint density at radius 3 is 2.22 bits per heavy atom. The molecule has 1 rings (SSSR count). The second kappa shape index (κ2) is 9.94. The van der Waals surface area contributed by atoms with Gasteiger partial charge >= 0.3 is 0 Å². The molecule has 0 aliphatic heterocycles. The Morgan fingerprint density at radius 2 is 1.70 bits per heavy atom. The molecule has 0 bridgehead atoms. The summed E-state index contributed by atoms with van der Waals surface area (Å²) in [6.07, 6.45) is 6.45.